The summed E-state index contributed by atoms with van der Waals surface area (Å²) in [5, 5.41) is 11.4. The number of carbonyl (C=O) groups excluding carboxylic acids is 2. The van der Waals surface area contributed by atoms with Crippen molar-refractivity contribution in [2.45, 2.75) is 32.1 Å². The molecule has 154 valence electrons. The molecule has 2 aromatic rings. The molecule has 3 rings (SSSR count). The first kappa shape index (κ1) is 20.7. The van der Waals surface area contributed by atoms with Gasteiger partial charge in [0, 0.05) is 31.0 Å². The fourth-order valence-electron chi connectivity index (χ4n) is 3.38. The fraction of sp³-hybridized carbons (Fsp3) is 0.429. The van der Waals surface area contributed by atoms with Crippen molar-refractivity contribution in [3.8, 4) is 0 Å². The van der Waals surface area contributed by atoms with Crippen molar-refractivity contribution in [1.29, 1.82) is 0 Å². The van der Waals surface area contributed by atoms with Gasteiger partial charge in [0.1, 0.15) is 11.6 Å². The van der Waals surface area contributed by atoms with E-state index in [9.17, 15) is 14.0 Å². The average Bonchev–Trinajstić information content (AvgIpc) is 2.72. The predicted molar refractivity (Wildman–Crippen MR) is 108 cm³/mol. The van der Waals surface area contributed by atoms with Crippen LogP contribution in [0, 0.1) is 11.7 Å². The number of aromatic nitrogens is 2. The normalized spacial score (nSPS) is 15.2. The minimum atomic E-state index is -0.309. The van der Waals surface area contributed by atoms with Crippen LogP contribution < -0.4 is 11.1 Å². The van der Waals surface area contributed by atoms with Crippen LogP contribution in [0.2, 0.25) is 0 Å². The summed E-state index contributed by atoms with van der Waals surface area (Å²) in [6.07, 6.45) is 1.15. The average molecular weight is 399 g/mol. The highest BCUT2D eigenvalue weighted by Gasteiger charge is 2.27. The number of nitrogens with two attached hydrogens (primary N) is 1. The molecule has 8 heteroatoms. The predicted octanol–water partition coefficient (Wildman–Crippen LogP) is 2.34. The Morgan fingerprint density at radius 1 is 1.14 bits per heavy atom. The lowest BCUT2D eigenvalue weighted by molar-refractivity contribution is -0.123. The van der Waals surface area contributed by atoms with Gasteiger partial charge in [-0.25, -0.2) is 4.39 Å². The van der Waals surface area contributed by atoms with Crippen LogP contribution in [0.1, 0.15) is 42.7 Å². The number of piperidine rings is 1. The largest absolute Gasteiger partial charge is 0.369 e. The first-order chi connectivity index (χ1) is 13.8. The molecule has 1 aliphatic heterocycles. The van der Waals surface area contributed by atoms with Crippen LogP contribution in [0.5, 0.6) is 0 Å². The van der Waals surface area contributed by atoms with Gasteiger partial charge in [-0.3, -0.25) is 9.59 Å². The van der Waals surface area contributed by atoms with E-state index in [2.05, 4.69) is 15.5 Å². The van der Waals surface area contributed by atoms with Crippen molar-refractivity contribution in [3.05, 3.63) is 53.5 Å². The third-order valence-corrected chi connectivity index (χ3v) is 5.41. The molecule has 0 spiro atoms. The minimum absolute atomic E-state index is 0.166. The smallest absolute Gasteiger partial charge is 0.274 e. The summed E-state index contributed by atoms with van der Waals surface area (Å²) in [4.78, 5) is 25.5. The lowest BCUT2D eigenvalue weighted by Gasteiger charge is -2.30. The highest BCUT2D eigenvalue weighted by molar-refractivity contribution is 5.92. The third-order valence-electron chi connectivity index (χ3n) is 5.41. The number of primary amides is 1. The number of amides is 2. The molecule has 0 aliphatic carbocycles. The Labute approximate surface area is 169 Å². The van der Waals surface area contributed by atoms with Gasteiger partial charge in [0.15, 0.2) is 5.69 Å². The molecule has 0 atom stereocenters. The summed E-state index contributed by atoms with van der Waals surface area (Å²) in [6.45, 7) is 5.64. The van der Waals surface area contributed by atoms with E-state index in [1.807, 2.05) is 13.8 Å². The number of hydrogen-bond donors (Lipinski definition) is 2. The van der Waals surface area contributed by atoms with Gasteiger partial charge in [-0.1, -0.05) is 26.0 Å². The number of hydrogen-bond acceptors (Lipinski definition) is 5. The Kier molecular flexibility index (Phi) is 6.10. The highest BCUT2D eigenvalue weighted by Crippen LogP contribution is 2.24. The van der Waals surface area contributed by atoms with E-state index in [1.54, 1.807) is 29.2 Å². The van der Waals surface area contributed by atoms with Crippen LogP contribution in [-0.4, -0.2) is 46.5 Å². The standard InChI is InChI=1S/C21H26FN5O2/c1-21(2,15-3-5-16(22)6-4-15)13-24-18-8-7-17(25-26-18)20(29)27-11-9-14(10-12-27)19(23)28/h3-8,14H,9-13H2,1-2H3,(H2,23,28)(H,24,26). The number of benzene rings is 1. The fourth-order valence-corrected chi connectivity index (χ4v) is 3.38. The van der Waals surface area contributed by atoms with E-state index in [0.29, 0.717) is 38.3 Å². The Morgan fingerprint density at radius 3 is 2.34 bits per heavy atom. The van der Waals surface area contributed by atoms with Crippen LogP contribution in [0.25, 0.3) is 0 Å². The summed E-state index contributed by atoms with van der Waals surface area (Å²) >= 11 is 0. The van der Waals surface area contributed by atoms with E-state index in [1.165, 1.54) is 12.1 Å². The van der Waals surface area contributed by atoms with Gasteiger partial charge < -0.3 is 16.0 Å². The second kappa shape index (κ2) is 8.55. The minimum Gasteiger partial charge on any atom is -0.369 e. The molecule has 0 unspecified atom stereocenters. The molecule has 1 fully saturated rings. The molecule has 29 heavy (non-hydrogen) atoms. The Balaban J connectivity index is 1.56. The zero-order chi connectivity index (χ0) is 21.0. The maximum absolute atomic E-state index is 13.1. The van der Waals surface area contributed by atoms with Crippen molar-refractivity contribution >= 4 is 17.6 Å². The molecule has 7 nitrogen and oxygen atoms in total. The number of anilines is 1. The zero-order valence-corrected chi connectivity index (χ0v) is 16.7. The Morgan fingerprint density at radius 2 is 1.79 bits per heavy atom. The maximum Gasteiger partial charge on any atom is 0.274 e. The zero-order valence-electron chi connectivity index (χ0n) is 16.7. The molecule has 1 saturated heterocycles. The molecule has 3 N–H and O–H groups in total. The lowest BCUT2D eigenvalue weighted by Crippen LogP contribution is -2.42. The van der Waals surface area contributed by atoms with Crippen molar-refractivity contribution < 1.29 is 14.0 Å². The second-order valence-corrected chi connectivity index (χ2v) is 8.02. The molecule has 1 aromatic heterocycles. The molecule has 0 bridgehead atoms. The van der Waals surface area contributed by atoms with E-state index >= 15 is 0 Å². The van der Waals surface area contributed by atoms with Crippen molar-refractivity contribution in [2.75, 3.05) is 25.0 Å². The molecule has 2 heterocycles. The summed E-state index contributed by atoms with van der Waals surface area (Å²) < 4.78 is 13.1. The van der Waals surface area contributed by atoms with Gasteiger partial charge in [0.2, 0.25) is 5.91 Å². The Hall–Kier alpha value is -3.03. The second-order valence-electron chi connectivity index (χ2n) is 8.02. The van der Waals surface area contributed by atoms with Crippen LogP contribution >= 0.6 is 0 Å². The van der Waals surface area contributed by atoms with Crippen molar-refractivity contribution in [3.63, 3.8) is 0 Å². The topological polar surface area (TPSA) is 101 Å². The van der Waals surface area contributed by atoms with Gasteiger partial charge in [0.25, 0.3) is 5.91 Å². The van der Waals surface area contributed by atoms with Gasteiger partial charge in [0.05, 0.1) is 0 Å². The third kappa shape index (κ3) is 5.07. The molecular weight excluding hydrogens is 373 g/mol. The quantitative estimate of drug-likeness (QED) is 0.776. The molecule has 1 aromatic carbocycles. The van der Waals surface area contributed by atoms with Crippen LogP contribution in [-0.2, 0) is 10.2 Å². The number of halogens is 1. The molecule has 1 aliphatic rings. The van der Waals surface area contributed by atoms with Crippen molar-refractivity contribution in [1.82, 2.24) is 15.1 Å². The number of likely N-dealkylation sites (tertiary alicyclic amines) is 1. The molecule has 0 saturated carbocycles. The highest BCUT2D eigenvalue weighted by atomic mass is 19.1. The summed E-state index contributed by atoms with van der Waals surface area (Å²) in [7, 11) is 0. The summed E-state index contributed by atoms with van der Waals surface area (Å²) in [5.41, 5.74) is 6.36. The monoisotopic (exact) mass is 399 g/mol. The van der Waals surface area contributed by atoms with E-state index in [-0.39, 0.29) is 34.7 Å². The van der Waals surface area contributed by atoms with E-state index in [0.717, 1.165) is 5.56 Å². The number of nitrogens with one attached hydrogen (secondary N) is 1. The SMILES string of the molecule is CC(C)(CNc1ccc(C(=O)N2CCC(C(N)=O)CC2)nn1)c1ccc(F)cc1. The number of rotatable bonds is 6. The first-order valence-corrected chi connectivity index (χ1v) is 9.68. The first-order valence-electron chi connectivity index (χ1n) is 9.68. The van der Waals surface area contributed by atoms with Gasteiger partial charge in [-0.15, -0.1) is 10.2 Å². The van der Waals surface area contributed by atoms with Crippen LogP contribution in [0.3, 0.4) is 0 Å². The van der Waals surface area contributed by atoms with E-state index in [4.69, 9.17) is 5.73 Å². The van der Waals surface area contributed by atoms with E-state index < -0.39 is 0 Å². The lowest BCUT2D eigenvalue weighted by atomic mass is 9.84. The Bertz CT molecular complexity index is 860. The van der Waals surface area contributed by atoms with Gasteiger partial charge in [-0.2, -0.15) is 0 Å². The summed E-state index contributed by atoms with van der Waals surface area (Å²) in [6, 6.07) is 9.80. The number of carbonyl (C=O) groups is 2. The van der Waals surface area contributed by atoms with Gasteiger partial charge in [-0.05, 0) is 42.7 Å². The molecule has 2 amide bonds. The van der Waals surface area contributed by atoms with Crippen molar-refractivity contribution in [2.24, 2.45) is 11.7 Å². The molecule has 0 radical (unpaired) electrons. The van der Waals surface area contributed by atoms with Gasteiger partial charge >= 0.3 is 0 Å². The van der Waals surface area contributed by atoms with Crippen LogP contribution in [0.4, 0.5) is 10.2 Å². The number of nitrogens with zero attached hydrogens (tertiary/aromatic N) is 3. The molecular formula is C21H26FN5O2. The summed E-state index contributed by atoms with van der Waals surface area (Å²) in [5.74, 6) is -0.373. The maximum atomic E-state index is 13.1. The van der Waals surface area contributed by atoms with Crippen LogP contribution in [0.15, 0.2) is 36.4 Å².